The summed E-state index contributed by atoms with van der Waals surface area (Å²) in [4.78, 5) is 2.37. The molecule has 0 aromatic heterocycles. The molecule has 3 unspecified atom stereocenters. The molecule has 0 spiro atoms. The summed E-state index contributed by atoms with van der Waals surface area (Å²) < 4.78 is 12.0. The normalized spacial score (nSPS) is 28.1. The van der Waals surface area contributed by atoms with E-state index in [4.69, 9.17) is 21.1 Å². The monoisotopic (exact) mass is 429 g/mol. The Kier molecular flexibility index (Phi) is 5.40. The van der Waals surface area contributed by atoms with Crippen LogP contribution in [-0.2, 0) is 17.6 Å². The molecule has 2 N–H and O–H groups in total. The van der Waals surface area contributed by atoms with Crippen LogP contribution in [0.25, 0.3) is 0 Å². The first kappa shape index (κ1) is 20.1. The standard InChI is InChI=1S/C24H28ClNO4/c1-14-23(28)20(27)13-21(30-14)19-12-16(22(25)24-18(19)7-10-29-24)11-15-3-5-17(6-4-15)26-8-2-9-26/h3-6,12,14,20-21,23,27-28H,2,7-11,13H2,1H3/t14?,20?,21?,23-/m1/s1. The maximum Gasteiger partial charge on any atom is 0.141 e. The number of halogens is 1. The van der Waals surface area contributed by atoms with Crippen LogP contribution in [0.4, 0.5) is 5.69 Å². The van der Waals surface area contributed by atoms with Gasteiger partial charge in [0, 0.05) is 37.2 Å². The van der Waals surface area contributed by atoms with Crippen LogP contribution >= 0.6 is 11.6 Å². The number of aliphatic hydroxyl groups is 2. The lowest BCUT2D eigenvalue weighted by molar-refractivity contribution is -0.163. The molecule has 2 aromatic carbocycles. The van der Waals surface area contributed by atoms with Crippen LogP contribution in [0.1, 0.15) is 48.1 Å². The highest BCUT2D eigenvalue weighted by Crippen LogP contribution is 2.44. The smallest absolute Gasteiger partial charge is 0.141 e. The summed E-state index contributed by atoms with van der Waals surface area (Å²) in [6, 6.07) is 10.8. The molecule has 0 radical (unpaired) electrons. The maximum absolute atomic E-state index is 10.3. The second kappa shape index (κ2) is 8.04. The van der Waals surface area contributed by atoms with E-state index in [1.807, 2.05) is 0 Å². The number of rotatable bonds is 4. The van der Waals surface area contributed by atoms with Gasteiger partial charge in [-0.25, -0.2) is 0 Å². The molecule has 0 bridgehead atoms. The first-order chi connectivity index (χ1) is 14.5. The predicted octanol–water partition coefficient (Wildman–Crippen LogP) is 3.65. The number of aliphatic hydroxyl groups excluding tert-OH is 2. The fraction of sp³-hybridized carbons (Fsp3) is 0.500. The quantitative estimate of drug-likeness (QED) is 0.776. The minimum absolute atomic E-state index is 0.279. The van der Waals surface area contributed by atoms with E-state index in [-0.39, 0.29) is 6.10 Å². The number of hydrogen-bond acceptors (Lipinski definition) is 5. The van der Waals surface area contributed by atoms with Gasteiger partial charge < -0.3 is 24.6 Å². The number of benzene rings is 2. The molecule has 30 heavy (non-hydrogen) atoms. The lowest BCUT2D eigenvalue weighted by Gasteiger charge is -2.36. The molecule has 5 rings (SSSR count). The highest BCUT2D eigenvalue weighted by molar-refractivity contribution is 6.33. The van der Waals surface area contributed by atoms with Crippen molar-refractivity contribution in [2.75, 3.05) is 24.6 Å². The zero-order valence-corrected chi connectivity index (χ0v) is 17.9. The Balaban J connectivity index is 1.45. The van der Waals surface area contributed by atoms with E-state index in [1.54, 1.807) is 6.92 Å². The van der Waals surface area contributed by atoms with Crippen molar-refractivity contribution in [3.8, 4) is 5.75 Å². The van der Waals surface area contributed by atoms with Gasteiger partial charge in [0.05, 0.1) is 29.9 Å². The predicted molar refractivity (Wildman–Crippen MR) is 117 cm³/mol. The van der Waals surface area contributed by atoms with Crippen LogP contribution < -0.4 is 9.64 Å². The van der Waals surface area contributed by atoms with E-state index >= 15 is 0 Å². The average Bonchev–Trinajstić information content (AvgIpc) is 3.18. The van der Waals surface area contributed by atoms with Crippen LogP contribution in [0.15, 0.2) is 30.3 Å². The Morgan fingerprint density at radius 1 is 1.17 bits per heavy atom. The van der Waals surface area contributed by atoms with Crippen molar-refractivity contribution in [3.63, 3.8) is 0 Å². The van der Waals surface area contributed by atoms with Gasteiger partial charge in [-0.1, -0.05) is 29.8 Å². The van der Waals surface area contributed by atoms with Crippen LogP contribution in [0.3, 0.4) is 0 Å². The van der Waals surface area contributed by atoms with Gasteiger partial charge in [-0.3, -0.25) is 0 Å². The van der Waals surface area contributed by atoms with Gasteiger partial charge >= 0.3 is 0 Å². The third-order valence-corrected chi connectivity index (χ3v) is 7.06. The molecule has 3 heterocycles. The summed E-state index contributed by atoms with van der Waals surface area (Å²) >= 11 is 6.75. The minimum Gasteiger partial charge on any atom is -0.491 e. The van der Waals surface area contributed by atoms with Crippen molar-refractivity contribution in [2.45, 2.75) is 57.0 Å². The van der Waals surface area contributed by atoms with Gasteiger partial charge in [0.25, 0.3) is 0 Å². The molecule has 2 saturated heterocycles. The maximum atomic E-state index is 10.3. The lowest BCUT2D eigenvalue weighted by atomic mass is 9.89. The number of hydrogen-bond donors (Lipinski definition) is 2. The second-order valence-electron chi connectivity index (χ2n) is 8.65. The van der Waals surface area contributed by atoms with E-state index in [0.29, 0.717) is 24.5 Å². The second-order valence-corrected chi connectivity index (χ2v) is 9.03. The summed E-state index contributed by atoms with van der Waals surface area (Å²) in [7, 11) is 0. The molecular weight excluding hydrogens is 402 g/mol. The molecule has 5 nitrogen and oxygen atoms in total. The lowest BCUT2D eigenvalue weighted by Crippen LogP contribution is -2.44. The zero-order valence-electron chi connectivity index (χ0n) is 17.2. The molecular formula is C24H28ClNO4. The highest BCUT2D eigenvalue weighted by atomic mass is 35.5. The SMILES string of the molecule is CC1OC(c2cc(Cc3ccc(N4CCC4)cc3)c(Cl)c3c2CCO3)CC(O)[C@@H]1O. The molecule has 160 valence electrons. The van der Waals surface area contributed by atoms with Crippen molar-refractivity contribution in [1.29, 1.82) is 0 Å². The number of fused-ring (bicyclic) bond motifs is 1. The van der Waals surface area contributed by atoms with E-state index in [2.05, 4.69) is 35.2 Å². The minimum atomic E-state index is -0.859. The van der Waals surface area contributed by atoms with Crippen LogP contribution in [0.5, 0.6) is 5.75 Å². The van der Waals surface area contributed by atoms with Crippen molar-refractivity contribution < 1.29 is 19.7 Å². The largest absolute Gasteiger partial charge is 0.491 e. The van der Waals surface area contributed by atoms with Crippen LogP contribution in [0, 0.1) is 0 Å². The molecule has 0 amide bonds. The van der Waals surface area contributed by atoms with Crippen molar-refractivity contribution in [2.24, 2.45) is 0 Å². The summed E-state index contributed by atoms with van der Waals surface area (Å²) in [5, 5.41) is 21.0. The summed E-state index contributed by atoms with van der Waals surface area (Å²) in [6.45, 7) is 4.67. The van der Waals surface area contributed by atoms with Gasteiger partial charge in [0.1, 0.15) is 11.9 Å². The Bertz CT molecular complexity index is 916. The topological polar surface area (TPSA) is 62.2 Å². The molecule has 2 fully saturated rings. The Morgan fingerprint density at radius 2 is 1.93 bits per heavy atom. The van der Waals surface area contributed by atoms with Crippen molar-refractivity contribution in [3.05, 3.63) is 57.6 Å². The van der Waals surface area contributed by atoms with Crippen LogP contribution in [0.2, 0.25) is 5.02 Å². The van der Waals surface area contributed by atoms with E-state index in [1.165, 1.54) is 17.7 Å². The third kappa shape index (κ3) is 3.58. The van der Waals surface area contributed by atoms with Crippen molar-refractivity contribution >= 4 is 17.3 Å². The average molecular weight is 430 g/mol. The first-order valence-corrected chi connectivity index (χ1v) is 11.2. The Hall–Kier alpha value is -1.79. The van der Waals surface area contributed by atoms with Gasteiger partial charge in [-0.05, 0) is 48.6 Å². The molecule has 3 aliphatic heterocycles. The van der Waals surface area contributed by atoms with Gasteiger partial charge in [-0.2, -0.15) is 0 Å². The van der Waals surface area contributed by atoms with E-state index in [9.17, 15) is 10.2 Å². The number of nitrogens with zero attached hydrogens (tertiary/aromatic N) is 1. The first-order valence-electron chi connectivity index (χ1n) is 10.8. The molecule has 4 atom stereocenters. The van der Waals surface area contributed by atoms with Gasteiger partial charge in [0.2, 0.25) is 0 Å². The molecule has 6 heteroatoms. The number of anilines is 1. The van der Waals surface area contributed by atoms with Gasteiger partial charge in [-0.15, -0.1) is 0 Å². The summed E-state index contributed by atoms with van der Waals surface area (Å²) in [5.41, 5.74) is 5.56. The Morgan fingerprint density at radius 3 is 2.60 bits per heavy atom. The summed E-state index contributed by atoms with van der Waals surface area (Å²) in [5.74, 6) is 0.748. The van der Waals surface area contributed by atoms with E-state index < -0.39 is 18.3 Å². The molecule has 0 saturated carbocycles. The van der Waals surface area contributed by atoms with Gasteiger partial charge in [0.15, 0.2) is 0 Å². The third-order valence-electron chi connectivity index (χ3n) is 6.64. The fourth-order valence-corrected chi connectivity index (χ4v) is 5.00. The Labute approximate surface area is 182 Å². The van der Waals surface area contributed by atoms with Crippen molar-refractivity contribution in [1.82, 2.24) is 0 Å². The highest BCUT2D eigenvalue weighted by Gasteiger charge is 2.37. The number of ether oxygens (including phenoxy) is 2. The van der Waals surface area contributed by atoms with E-state index in [0.717, 1.165) is 42.0 Å². The molecule has 2 aromatic rings. The zero-order chi connectivity index (χ0) is 20.8. The molecule has 0 aliphatic carbocycles. The summed E-state index contributed by atoms with van der Waals surface area (Å²) in [6.07, 6.45) is 0.751. The van der Waals surface area contributed by atoms with Crippen LogP contribution in [-0.4, -0.2) is 48.2 Å². The fourth-order valence-electron chi connectivity index (χ4n) is 4.71. The molecule has 3 aliphatic rings.